The Morgan fingerprint density at radius 3 is 2.68 bits per heavy atom. The van der Waals surface area contributed by atoms with Crippen molar-refractivity contribution in [1.29, 1.82) is 0 Å². The molecule has 5 nitrogen and oxygen atoms in total. The third-order valence-corrected chi connectivity index (χ3v) is 4.86. The number of halogens is 4. The SMILES string of the molecule is Fc1ccc(/C=C/COc2ccc(-c3noc([C@@H]4CCCN4)n3)cc2C(F)(F)F)cc1. The number of hydrogen-bond acceptors (Lipinski definition) is 5. The molecule has 1 fully saturated rings. The Kier molecular flexibility index (Phi) is 6.03. The van der Waals surface area contributed by atoms with Gasteiger partial charge in [-0.15, -0.1) is 0 Å². The Morgan fingerprint density at radius 2 is 1.97 bits per heavy atom. The second-order valence-electron chi connectivity index (χ2n) is 7.08. The zero-order chi connectivity index (χ0) is 21.8. The molecule has 0 aliphatic carbocycles. The van der Waals surface area contributed by atoms with Gasteiger partial charge in [0, 0.05) is 5.56 Å². The number of alkyl halides is 3. The molecule has 0 bridgehead atoms. The molecule has 4 rings (SSSR count). The van der Waals surface area contributed by atoms with Crippen molar-refractivity contribution in [3.05, 3.63) is 71.4 Å². The summed E-state index contributed by atoms with van der Waals surface area (Å²) in [6, 6.07) is 9.30. The smallest absolute Gasteiger partial charge is 0.419 e. The summed E-state index contributed by atoms with van der Waals surface area (Å²) in [5.41, 5.74) is -0.0268. The van der Waals surface area contributed by atoms with Crippen molar-refractivity contribution in [2.45, 2.75) is 25.1 Å². The van der Waals surface area contributed by atoms with Gasteiger partial charge < -0.3 is 14.6 Å². The van der Waals surface area contributed by atoms with E-state index in [1.165, 1.54) is 24.3 Å². The fourth-order valence-corrected chi connectivity index (χ4v) is 3.30. The number of benzene rings is 2. The standard InChI is InChI=1S/C22H19F4N3O2/c23-16-8-5-14(6-9-16)3-2-12-30-19-10-7-15(13-17(19)22(24,25)26)20-28-21(31-29-20)18-4-1-11-27-18/h2-3,5-10,13,18,27H,1,4,11-12H2/b3-2+/t18-/m0/s1. The quantitative estimate of drug-likeness (QED) is 0.527. The highest BCUT2D eigenvalue weighted by atomic mass is 19.4. The van der Waals surface area contributed by atoms with Crippen LogP contribution >= 0.6 is 0 Å². The lowest BCUT2D eigenvalue weighted by Gasteiger charge is -2.14. The highest BCUT2D eigenvalue weighted by Crippen LogP contribution is 2.38. The molecule has 0 saturated carbocycles. The second kappa shape index (κ2) is 8.89. The molecule has 1 saturated heterocycles. The lowest BCUT2D eigenvalue weighted by atomic mass is 10.1. The van der Waals surface area contributed by atoms with Crippen molar-refractivity contribution in [1.82, 2.24) is 15.5 Å². The van der Waals surface area contributed by atoms with Gasteiger partial charge in [0.1, 0.15) is 18.2 Å². The van der Waals surface area contributed by atoms with E-state index in [0.29, 0.717) is 11.5 Å². The van der Waals surface area contributed by atoms with E-state index in [0.717, 1.165) is 25.5 Å². The Balaban J connectivity index is 1.50. The molecule has 0 amide bonds. The van der Waals surface area contributed by atoms with Crippen LogP contribution in [0.4, 0.5) is 17.6 Å². The summed E-state index contributed by atoms with van der Waals surface area (Å²) >= 11 is 0. The van der Waals surface area contributed by atoms with E-state index in [4.69, 9.17) is 9.26 Å². The summed E-state index contributed by atoms with van der Waals surface area (Å²) in [4.78, 5) is 4.24. The number of hydrogen-bond donors (Lipinski definition) is 1. The molecule has 1 aliphatic rings. The van der Waals surface area contributed by atoms with E-state index < -0.39 is 11.7 Å². The van der Waals surface area contributed by atoms with Crippen LogP contribution in [0.1, 0.15) is 35.9 Å². The first-order valence-corrected chi connectivity index (χ1v) is 9.74. The van der Waals surface area contributed by atoms with Crippen LogP contribution in [0.15, 0.2) is 53.1 Å². The van der Waals surface area contributed by atoms with E-state index in [-0.39, 0.29) is 35.6 Å². The zero-order valence-corrected chi connectivity index (χ0v) is 16.3. The van der Waals surface area contributed by atoms with Crippen LogP contribution in [0.3, 0.4) is 0 Å². The Bertz CT molecular complexity index is 1060. The fourth-order valence-electron chi connectivity index (χ4n) is 3.30. The molecule has 1 N–H and O–H groups in total. The molecule has 1 atom stereocenters. The first kappa shape index (κ1) is 21.0. The molecule has 2 heterocycles. The summed E-state index contributed by atoms with van der Waals surface area (Å²) in [5, 5.41) is 7.03. The second-order valence-corrected chi connectivity index (χ2v) is 7.08. The minimum Gasteiger partial charge on any atom is -0.489 e. The predicted octanol–water partition coefficient (Wildman–Crippen LogP) is 5.41. The van der Waals surface area contributed by atoms with E-state index >= 15 is 0 Å². The average Bonchev–Trinajstić information content (AvgIpc) is 3.44. The van der Waals surface area contributed by atoms with Crippen LogP contribution in [0, 0.1) is 5.82 Å². The monoisotopic (exact) mass is 433 g/mol. The van der Waals surface area contributed by atoms with E-state index in [1.54, 1.807) is 24.3 Å². The number of nitrogens with zero attached hydrogens (tertiary/aromatic N) is 2. The highest BCUT2D eigenvalue weighted by molar-refractivity contribution is 5.59. The number of aromatic nitrogens is 2. The van der Waals surface area contributed by atoms with Gasteiger partial charge >= 0.3 is 6.18 Å². The molecule has 9 heteroatoms. The molecule has 31 heavy (non-hydrogen) atoms. The van der Waals surface area contributed by atoms with Crippen molar-refractivity contribution < 1.29 is 26.8 Å². The summed E-state index contributed by atoms with van der Waals surface area (Å²) in [7, 11) is 0. The summed E-state index contributed by atoms with van der Waals surface area (Å²) < 4.78 is 64.3. The van der Waals surface area contributed by atoms with Gasteiger partial charge in [0.15, 0.2) is 0 Å². The Morgan fingerprint density at radius 1 is 1.16 bits per heavy atom. The van der Waals surface area contributed by atoms with Gasteiger partial charge in [0.2, 0.25) is 11.7 Å². The lowest BCUT2D eigenvalue weighted by molar-refractivity contribution is -0.138. The van der Waals surface area contributed by atoms with Crippen molar-refractivity contribution in [3.8, 4) is 17.1 Å². The van der Waals surface area contributed by atoms with Crippen LogP contribution in [0.25, 0.3) is 17.5 Å². The van der Waals surface area contributed by atoms with E-state index in [2.05, 4.69) is 15.5 Å². The number of rotatable bonds is 6. The topological polar surface area (TPSA) is 60.2 Å². The Hall–Kier alpha value is -3.20. The first-order valence-electron chi connectivity index (χ1n) is 9.74. The molecule has 3 aromatic rings. The molecule has 1 aliphatic heterocycles. The normalized spacial score (nSPS) is 16.8. The number of ether oxygens (including phenoxy) is 1. The highest BCUT2D eigenvalue weighted by Gasteiger charge is 2.35. The van der Waals surface area contributed by atoms with Crippen LogP contribution < -0.4 is 10.1 Å². The minimum atomic E-state index is -4.62. The zero-order valence-electron chi connectivity index (χ0n) is 16.3. The summed E-state index contributed by atoms with van der Waals surface area (Å²) in [6.45, 7) is 0.752. The average molecular weight is 433 g/mol. The van der Waals surface area contributed by atoms with Gasteiger partial charge in [-0.1, -0.05) is 23.4 Å². The van der Waals surface area contributed by atoms with Gasteiger partial charge in [-0.3, -0.25) is 0 Å². The summed E-state index contributed by atoms with van der Waals surface area (Å²) in [6.07, 6.45) is 0.391. The predicted molar refractivity (Wildman–Crippen MR) is 106 cm³/mol. The largest absolute Gasteiger partial charge is 0.489 e. The van der Waals surface area contributed by atoms with Crippen LogP contribution in [-0.4, -0.2) is 23.3 Å². The third kappa shape index (κ3) is 5.11. The Labute approximate surface area is 175 Å². The van der Waals surface area contributed by atoms with Gasteiger partial charge in [0.05, 0.1) is 11.6 Å². The molecule has 162 valence electrons. The van der Waals surface area contributed by atoms with Crippen LogP contribution in [-0.2, 0) is 6.18 Å². The first-order chi connectivity index (χ1) is 14.9. The molecule has 2 aromatic carbocycles. The maximum absolute atomic E-state index is 13.6. The van der Waals surface area contributed by atoms with Crippen LogP contribution in [0.2, 0.25) is 0 Å². The molecule has 0 spiro atoms. The van der Waals surface area contributed by atoms with Gasteiger partial charge in [-0.05, 0) is 61.4 Å². The van der Waals surface area contributed by atoms with Crippen molar-refractivity contribution in [2.75, 3.05) is 13.2 Å². The van der Waals surface area contributed by atoms with Crippen molar-refractivity contribution in [3.63, 3.8) is 0 Å². The summed E-state index contributed by atoms with van der Waals surface area (Å²) in [5.74, 6) is -0.206. The fraction of sp³-hybridized carbons (Fsp3) is 0.273. The van der Waals surface area contributed by atoms with Gasteiger partial charge in [-0.25, -0.2) is 4.39 Å². The molecule has 1 aromatic heterocycles. The van der Waals surface area contributed by atoms with Crippen molar-refractivity contribution in [2.24, 2.45) is 0 Å². The minimum absolute atomic E-state index is 0.0705. The van der Waals surface area contributed by atoms with Gasteiger partial charge in [-0.2, -0.15) is 18.2 Å². The van der Waals surface area contributed by atoms with E-state index in [9.17, 15) is 17.6 Å². The van der Waals surface area contributed by atoms with Crippen LogP contribution in [0.5, 0.6) is 5.75 Å². The van der Waals surface area contributed by atoms with Crippen molar-refractivity contribution >= 4 is 6.08 Å². The van der Waals surface area contributed by atoms with E-state index in [1.807, 2.05) is 0 Å². The number of nitrogens with one attached hydrogen (secondary N) is 1. The third-order valence-electron chi connectivity index (χ3n) is 4.86. The molecular weight excluding hydrogens is 414 g/mol. The maximum Gasteiger partial charge on any atom is 0.419 e. The molecule has 0 unspecified atom stereocenters. The molecule has 0 radical (unpaired) electrons. The van der Waals surface area contributed by atoms with Gasteiger partial charge in [0.25, 0.3) is 0 Å². The molecular formula is C22H19F4N3O2. The lowest BCUT2D eigenvalue weighted by Crippen LogP contribution is -2.13. The maximum atomic E-state index is 13.6.